The molecule has 5 heteroatoms. The highest BCUT2D eigenvalue weighted by molar-refractivity contribution is 5.79. The second-order valence-corrected chi connectivity index (χ2v) is 6.81. The predicted molar refractivity (Wildman–Crippen MR) is 99.1 cm³/mol. The van der Waals surface area contributed by atoms with Crippen molar-refractivity contribution in [3.63, 3.8) is 0 Å². The highest BCUT2D eigenvalue weighted by Crippen LogP contribution is 2.27. The van der Waals surface area contributed by atoms with E-state index in [1.807, 2.05) is 13.0 Å². The largest absolute Gasteiger partial charge is 0.356 e. The molecule has 134 valence electrons. The Hall–Kier alpha value is -1.62. The van der Waals surface area contributed by atoms with Crippen LogP contribution in [0.5, 0.6) is 0 Å². The number of hydrogen-bond donors (Lipinski definition) is 2. The predicted octanol–water partition coefficient (Wildman–Crippen LogP) is 2.71. The summed E-state index contributed by atoms with van der Waals surface area (Å²) in [4.78, 5) is 6.83. The second kappa shape index (κ2) is 9.02. The Morgan fingerprint density at radius 1 is 1.29 bits per heavy atom. The summed E-state index contributed by atoms with van der Waals surface area (Å²) >= 11 is 0. The second-order valence-electron chi connectivity index (χ2n) is 6.81. The van der Waals surface area contributed by atoms with Crippen molar-refractivity contribution < 1.29 is 4.39 Å². The van der Waals surface area contributed by atoms with Crippen LogP contribution in [0.15, 0.2) is 23.2 Å². The first-order valence-electron chi connectivity index (χ1n) is 8.96. The third-order valence-electron chi connectivity index (χ3n) is 4.56. The lowest BCUT2D eigenvalue weighted by atomic mass is 10.1. The molecule has 0 aromatic heterocycles. The number of nitrogens with one attached hydrogen (secondary N) is 2. The lowest BCUT2D eigenvalue weighted by Crippen LogP contribution is -2.44. The van der Waals surface area contributed by atoms with Gasteiger partial charge in [0.1, 0.15) is 5.82 Å². The number of hydrogen-bond acceptors (Lipinski definition) is 2. The molecule has 1 aliphatic carbocycles. The molecule has 2 N–H and O–H groups in total. The van der Waals surface area contributed by atoms with Gasteiger partial charge in [-0.15, -0.1) is 0 Å². The summed E-state index contributed by atoms with van der Waals surface area (Å²) in [6.07, 6.45) is 3.53. The summed E-state index contributed by atoms with van der Waals surface area (Å²) in [6.45, 7) is 9.18. The average molecular weight is 334 g/mol. The topological polar surface area (TPSA) is 39.7 Å². The Bertz CT molecular complexity index is 550. The minimum atomic E-state index is -0.174. The van der Waals surface area contributed by atoms with Gasteiger partial charge in [0.05, 0.1) is 0 Å². The van der Waals surface area contributed by atoms with Gasteiger partial charge in [-0.05, 0) is 63.3 Å². The van der Waals surface area contributed by atoms with Crippen LogP contribution < -0.4 is 10.6 Å². The zero-order valence-corrected chi connectivity index (χ0v) is 15.4. The van der Waals surface area contributed by atoms with Crippen LogP contribution in [0.2, 0.25) is 0 Å². The summed E-state index contributed by atoms with van der Waals surface area (Å²) in [5.41, 5.74) is 2.16. The summed E-state index contributed by atoms with van der Waals surface area (Å²) in [7, 11) is 1.79. The highest BCUT2D eigenvalue weighted by Gasteiger charge is 2.30. The van der Waals surface area contributed by atoms with E-state index in [-0.39, 0.29) is 5.82 Å². The average Bonchev–Trinajstić information content (AvgIpc) is 3.36. The van der Waals surface area contributed by atoms with Crippen LogP contribution in [0.4, 0.5) is 4.39 Å². The first-order valence-corrected chi connectivity index (χ1v) is 8.96. The van der Waals surface area contributed by atoms with Gasteiger partial charge in [-0.25, -0.2) is 4.39 Å². The summed E-state index contributed by atoms with van der Waals surface area (Å²) in [5.74, 6) is 0.654. The van der Waals surface area contributed by atoms with E-state index >= 15 is 0 Å². The number of benzene rings is 1. The molecule has 1 saturated carbocycles. The maximum Gasteiger partial charge on any atom is 0.191 e. The van der Waals surface area contributed by atoms with Gasteiger partial charge >= 0.3 is 0 Å². The lowest BCUT2D eigenvalue weighted by Gasteiger charge is -2.26. The summed E-state index contributed by atoms with van der Waals surface area (Å²) in [6, 6.07) is 6.34. The monoisotopic (exact) mass is 334 g/mol. The van der Waals surface area contributed by atoms with Gasteiger partial charge in [-0.2, -0.15) is 0 Å². The Morgan fingerprint density at radius 2 is 2.00 bits per heavy atom. The van der Waals surface area contributed by atoms with Crippen LogP contribution in [0.25, 0.3) is 0 Å². The molecule has 0 bridgehead atoms. The van der Waals surface area contributed by atoms with Crippen molar-refractivity contribution in [2.24, 2.45) is 4.99 Å². The van der Waals surface area contributed by atoms with E-state index in [0.29, 0.717) is 6.04 Å². The molecule has 1 aromatic carbocycles. The molecule has 0 unspecified atom stereocenters. The molecule has 1 aromatic rings. The van der Waals surface area contributed by atoms with E-state index in [2.05, 4.69) is 34.4 Å². The molecule has 0 radical (unpaired) electrons. The van der Waals surface area contributed by atoms with E-state index < -0.39 is 0 Å². The van der Waals surface area contributed by atoms with E-state index in [9.17, 15) is 4.39 Å². The summed E-state index contributed by atoms with van der Waals surface area (Å²) in [5, 5.41) is 6.72. The number of halogens is 1. The van der Waals surface area contributed by atoms with Gasteiger partial charge in [0.25, 0.3) is 0 Å². The molecule has 4 nitrogen and oxygen atoms in total. The van der Waals surface area contributed by atoms with Gasteiger partial charge in [-0.1, -0.05) is 6.07 Å². The van der Waals surface area contributed by atoms with Crippen LogP contribution in [-0.2, 0) is 6.42 Å². The first kappa shape index (κ1) is 18.7. The molecule has 0 aliphatic heterocycles. The molecule has 0 heterocycles. The standard InChI is InChI=1S/C19H31FN4/c1-14(2)24(18-7-8-18)12-11-23-19(21-4)22-10-9-16-5-6-17(20)13-15(16)3/h5-6,13-14,18H,7-12H2,1-4H3,(H2,21,22,23). The SMILES string of the molecule is CN=C(NCCc1ccc(F)cc1C)NCCN(C(C)C)C1CC1. The number of aryl methyl sites for hydroxylation is 1. The minimum Gasteiger partial charge on any atom is -0.356 e. The molecule has 1 aliphatic rings. The third kappa shape index (κ3) is 5.78. The van der Waals surface area contributed by atoms with Crippen LogP contribution in [0.1, 0.15) is 37.8 Å². The molecule has 2 rings (SSSR count). The van der Waals surface area contributed by atoms with Crippen LogP contribution >= 0.6 is 0 Å². The molecular formula is C19H31FN4. The fourth-order valence-electron chi connectivity index (χ4n) is 3.05. The van der Waals surface area contributed by atoms with E-state index in [0.717, 1.165) is 43.6 Å². The zero-order chi connectivity index (χ0) is 17.5. The Kier molecular flexibility index (Phi) is 7.03. The van der Waals surface area contributed by atoms with Crippen molar-refractivity contribution in [3.05, 3.63) is 35.1 Å². The number of guanidine groups is 1. The van der Waals surface area contributed by atoms with Crippen LogP contribution in [0, 0.1) is 12.7 Å². The normalized spacial score (nSPS) is 15.2. The van der Waals surface area contributed by atoms with Crippen molar-refractivity contribution in [3.8, 4) is 0 Å². The van der Waals surface area contributed by atoms with Gasteiger partial charge in [0.2, 0.25) is 0 Å². The van der Waals surface area contributed by atoms with Crippen molar-refractivity contribution in [1.29, 1.82) is 0 Å². The maximum absolute atomic E-state index is 13.1. The molecule has 0 atom stereocenters. The van der Waals surface area contributed by atoms with Crippen molar-refractivity contribution in [1.82, 2.24) is 15.5 Å². The van der Waals surface area contributed by atoms with Crippen molar-refractivity contribution in [2.75, 3.05) is 26.7 Å². The Labute approximate surface area is 145 Å². The third-order valence-corrected chi connectivity index (χ3v) is 4.56. The smallest absolute Gasteiger partial charge is 0.191 e. The van der Waals surface area contributed by atoms with Crippen LogP contribution in [0.3, 0.4) is 0 Å². The fraction of sp³-hybridized carbons (Fsp3) is 0.632. The summed E-state index contributed by atoms with van der Waals surface area (Å²) < 4.78 is 13.1. The number of nitrogens with zero attached hydrogens (tertiary/aromatic N) is 2. The Balaban J connectivity index is 1.70. The van der Waals surface area contributed by atoms with Crippen LogP contribution in [-0.4, -0.2) is 49.6 Å². The van der Waals surface area contributed by atoms with Gasteiger partial charge in [0.15, 0.2) is 5.96 Å². The maximum atomic E-state index is 13.1. The van der Waals surface area contributed by atoms with Crippen molar-refractivity contribution >= 4 is 5.96 Å². The number of aliphatic imine (C=N–C) groups is 1. The molecule has 24 heavy (non-hydrogen) atoms. The highest BCUT2D eigenvalue weighted by atomic mass is 19.1. The minimum absolute atomic E-state index is 0.174. The number of rotatable bonds is 8. The molecule has 1 fully saturated rings. The van der Waals surface area contributed by atoms with Gasteiger partial charge in [0, 0.05) is 38.8 Å². The quantitative estimate of drug-likeness (QED) is 0.567. The molecule has 0 saturated heterocycles. The van der Waals surface area contributed by atoms with E-state index in [1.54, 1.807) is 13.1 Å². The van der Waals surface area contributed by atoms with E-state index in [1.165, 1.54) is 24.5 Å². The lowest BCUT2D eigenvalue weighted by molar-refractivity contribution is 0.215. The molecule has 0 spiro atoms. The van der Waals surface area contributed by atoms with Gasteiger partial charge < -0.3 is 10.6 Å². The molecular weight excluding hydrogens is 303 g/mol. The van der Waals surface area contributed by atoms with E-state index in [4.69, 9.17) is 0 Å². The Morgan fingerprint density at radius 3 is 2.58 bits per heavy atom. The molecule has 0 amide bonds. The fourth-order valence-corrected chi connectivity index (χ4v) is 3.05. The first-order chi connectivity index (χ1) is 11.5. The van der Waals surface area contributed by atoms with Crippen molar-refractivity contribution in [2.45, 2.75) is 52.1 Å². The zero-order valence-electron chi connectivity index (χ0n) is 15.4. The van der Waals surface area contributed by atoms with Gasteiger partial charge in [-0.3, -0.25) is 9.89 Å².